The summed E-state index contributed by atoms with van der Waals surface area (Å²) >= 11 is 1.87. The van der Waals surface area contributed by atoms with Crippen molar-refractivity contribution in [3.05, 3.63) is 42.0 Å². The fourth-order valence-electron chi connectivity index (χ4n) is 1.43. The summed E-state index contributed by atoms with van der Waals surface area (Å²) in [5, 5.41) is 3.14. The first kappa shape index (κ1) is 12.3. The first-order chi connectivity index (χ1) is 7.27. The molecular weight excluding hydrogens is 202 g/mol. The Morgan fingerprint density at radius 3 is 2.53 bits per heavy atom. The fourth-order valence-corrected chi connectivity index (χ4v) is 1.88. The zero-order chi connectivity index (χ0) is 11.1. The van der Waals surface area contributed by atoms with Gasteiger partial charge in [-0.2, -0.15) is 11.8 Å². The van der Waals surface area contributed by atoms with E-state index >= 15 is 0 Å². The first-order valence-electron chi connectivity index (χ1n) is 5.18. The molecule has 0 saturated carbocycles. The van der Waals surface area contributed by atoms with Crippen LogP contribution in [0, 0.1) is 0 Å². The molecule has 0 fully saturated rings. The molecule has 1 aromatic carbocycles. The molecule has 2 heteroatoms. The lowest BCUT2D eigenvalue weighted by atomic mass is 10.0. The van der Waals surface area contributed by atoms with Crippen molar-refractivity contribution in [1.29, 1.82) is 0 Å². The Bertz CT molecular complexity index is 303. The highest BCUT2D eigenvalue weighted by molar-refractivity contribution is 7.98. The molecule has 1 N–H and O–H groups in total. The van der Waals surface area contributed by atoms with E-state index in [1.807, 2.05) is 18.8 Å². The second-order valence-electron chi connectivity index (χ2n) is 3.57. The maximum atomic E-state index is 4.11. The molecule has 0 radical (unpaired) electrons. The van der Waals surface area contributed by atoms with Crippen molar-refractivity contribution < 1.29 is 0 Å². The lowest BCUT2D eigenvalue weighted by Crippen LogP contribution is -2.04. The predicted octanol–water partition coefficient (Wildman–Crippen LogP) is 3.17. The summed E-state index contributed by atoms with van der Waals surface area (Å²) in [5.41, 5.74) is 3.82. The minimum atomic E-state index is 0.928. The Morgan fingerprint density at radius 1 is 1.33 bits per heavy atom. The van der Waals surface area contributed by atoms with Crippen molar-refractivity contribution in [1.82, 2.24) is 5.32 Å². The molecule has 0 saturated heterocycles. The first-order valence-corrected chi connectivity index (χ1v) is 6.58. The average Bonchev–Trinajstić information content (AvgIpc) is 2.27. The zero-order valence-electron chi connectivity index (χ0n) is 9.55. The molecule has 0 atom stereocenters. The van der Waals surface area contributed by atoms with Gasteiger partial charge in [-0.25, -0.2) is 0 Å². The van der Waals surface area contributed by atoms with E-state index in [0.717, 1.165) is 18.7 Å². The number of thioether (sulfide) groups is 1. The largest absolute Gasteiger partial charge is 0.316 e. The summed E-state index contributed by atoms with van der Waals surface area (Å²) in [4.78, 5) is 0. The van der Waals surface area contributed by atoms with Crippen molar-refractivity contribution in [3.8, 4) is 0 Å². The van der Waals surface area contributed by atoms with Gasteiger partial charge in [0.1, 0.15) is 0 Å². The average molecular weight is 221 g/mol. The monoisotopic (exact) mass is 221 g/mol. The van der Waals surface area contributed by atoms with Crippen molar-refractivity contribution in [2.45, 2.75) is 13.0 Å². The maximum absolute atomic E-state index is 4.11. The van der Waals surface area contributed by atoms with Crippen LogP contribution < -0.4 is 5.32 Å². The third-order valence-electron chi connectivity index (χ3n) is 2.35. The Labute approximate surface area is 97.0 Å². The topological polar surface area (TPSA) is 12.0 Å². The van der Waals surface area contributed by atoms with Gasteiger partial charge in [-0.15, -0.1) is 0 Å². The standard InChI is InChI=1S/C13H19NS/c1-11(8-9-15-3)13-6-4-12(5-7-13)10-14-2/h4-7,14H,1,8-10H2,2-3H3. The van der Waals surface area contributed by atoms with Crippen LogP contribution in [0.5, 0.6) is 0 Å². The van der Waals surface area contributed by atoms with Crippen LogP contribution in [0.15, 0.2) is 30.8 Å². The van der Waals surface area contributed by atoms with E-state index < -0.39 is 0 Å². The number of rotatable bonds is 6. The van der Waals surface area contributed by atoms with Gasteiger partial charge in [0.25, 0.3) is 0 Å². The van der Waals surface area contributed by atoms with E-state index in [4.69, 9.17) is 0 Å². The Kier molecular flexibility index (Phi) is 5.51. The maximum Gasteiger partial charge on any atom is 0.0202 e. The summed E-state index contributed by atoms with van der Waals surface area (Å²) in [5.74, 6) is 1.15. The molecule has 0 aliphatic carbocycles. The van der Waals surface area contributed by atoms with Gasteiger partial charge < -0.3 is 5.32 Å². The van der Waals surface area contributed by atoms with Crippen molar-refractivity contribution >= 4 is 17.3 Å². The number of hydrogen-bond donors (Lipinski definition) is 1. The lowest BCUT2D eigenvalue weighted by molar-refractivity contribution is 0.818. The Hall–Kier alpha value is -0.730. The third-order valence-corrected chi connectivity index (χ3v) is 2.96. The Balaban J connectivity index is 2.58. The van der Waals surface area contributed by atoms with Gasteiger partial charge in [-0.05, 0) is 42.2 Å². The van der Waals surface area contributed by atoms with Crippen LogP contribution in [0.25, 0.3) is 5.57 Å². The normalized spacial score (nSPS) is 10.3. The van der Waals surface area contributed by atoms with Gasteiger partial charge in [-0.3, -0.25) is 0 Å². The van der Waals surface area contributed by atoms with Crippen LogP contribution in [0.3, 0.4) is 0 Å². The number of benzene rings is 1. The molecule has 0 bridgehead atoms. The molecule has 1 nitrogen and oxygen atoms in total. The van der Waals surface area contributed by atoms with Crippen molar-refractivity contribution in [2.75, 3.05) is 19.1 Å². The number of hydrogen-bond acceptors (Lipinski definition) is 2. The van der Waals surface area contributed by atoms with Crippen LogP contribution >= 0.6 is 11.8 Å². The highest BCUT2D eigenvalue weighted by Gasteiger charge is 1.98. The summed E-state index contributed by atoms with van der Waals surface area (Å²) in [7, 11) is 1.96. The molecular formula is C13H19NS. The molecule has 0 heterocycles. The van der Waals surface area contributed by atoms with E-state index in [1.54, 1.807) is 0 Å². The molecule has 0 spiro atoms. The Morgan fingerprint density at radius 2 is 2.00 bits per heavy atom. The van der Waals surface area contributed by atoms with E-state index in [1.165, 1.54) is 16.7 Å². The van der Waals surface area contributed by atoms with Gasteiger partial charge in [-0.1, -0.05) is 30.8 Å². The molecule has 0 aromatic heterocycles. The summed E-state index contributed by atoms with van der Waals surface area (Å²) in [6, 6.07) is 8.65. The quantitative estimate of drug-likeness (QED) is 0.792. The van der Waals surface area contributed by atoms with Crippen LogP contribution in [0.4, 0.5) is 0 Å². The molecule has 15 heavy (non-hydrogen) atoms. The summed E-state index contributed by atoms with van der Waals surface area (Å²) < 4.78 is 0. The van der Waals surface area contributed by atoms with Crippen molar-refractivity contribution in [2.24, 2.45) is 0 Å². The predicted molar refractivity (Wildman–Crippen MR) is 71.2 cm³/mol. The minimum Gasteiger partial charge on any atom is -0.316 e. The molecule has 0 aliphatic heterocycles. The van der Waals surface area contributed by atoms with Gasteiger partial charge in [0.2, 0.25) is 0 Å². The summed E-state index contributed by atoms with van der Waals surface area (Å²) in [6.45, 7) is 5.04. The van der Waals surface area contributed by atoms with Crippen LogP contribution in [-0.4, -0.2) is 19.1 Å². The second kappa shape index (κ2) is 6.70. The fraction of sp³-hybridized carbons (Fsp3) is 0.385. The van der Waals surface area contributed by atoms with E-state index in [-0.39, 0.29) is 0 Å². The summed E-state index contributed by atoms with van der Waals surface area (Å²) in [6.07, 6.45) is 3.20. The van der Waals surface area contributed by atoms with Crippen molar-refractivity contribution in [3.63, 3.8) is 0 Å². The minimum absolute atomic E-state index is 0.928. The van der Waals surface area contributed by atoms with E-state index in [0.29, 0.717) is 0 Å². The molecule has 82 valence electrons. The van der Waals surface area contributed by atoms with Gasteiger partial charge in [0.05, 0.1) is 0 Å². The highest BCUT2D eigenvalue weighted by atomic mass is 32.2. The third kappa shape index (κ3) is 4.10. The van der Waals surface area contributed by atoms with Crippen LogP contribution in [0.2, 0.25) is 0 Å². The number of nitrogens with one attached hydrogen (secondary N) is 1. The highest BCUT2D eigenvalue weighted by Crippen LogP contribution is 2.18. The van der Waals surface area contributed by atoms with Crippen LogP contribution in [0.1, 0.15) is 17.5 Å². The smallest absolute Gasteiger partial charge is 0.0202 e. The lowest BCUT2D eigenvalue weighted by Gasteiger charge is -2.06. The van der Waals surface area contributed by atoms with Gasteiger partial charge in [0, 0.05) is 6.54 Å². The van der Waals surface area contributed by atoms with Crippen LogP contribution in [-0.2, 0) is 6.54 Å². The SMILES string of the molecule is C=C(CCSC)c1ccc(CNC)cc1. The van der Waals surface area contributed by atoms with Gasteiger partial charge >= 0.3 is 0 Å². The molecule has 0 aliphatic rings. The molecule has 0 unspecified atom stereocenters. The molecule has 1 rings (SSSR count). The molecule has 0 amide bonds. The molecule has 1 aromatic rings. The zero-order valence-corrected chi connectivity index (χ0v) is 10.4. The van der Waals surface area contributed by atoms with Gasteiger partial charge in [0.15, 0.2) is 0 Å². The number of allylic oxidation sites excluding steroid dienone is 1. The van der Waals surface area contributed by atoms with E-state index in [2.05, 4.69) is 42.4 Å². The van der Waals surface area contributed by atoms with E-state index in [9.17, 15) is 0 Å². The second-order valence-corrected chi connectivity index (χ2v) is 4.56.